The Morgan fingerprint density at radius 3 is 1.79 bits per heavy atom. The molecule has 33 heavy (non-hydrogen) atoms. The van der Waals surface area contributed by atoms with Crippen molar-refractivity contribution in [2.45, 2.75) is 63.4 Å². The molecule has 0 atom stereocenters. The number of Topliss-reactive ketones (excluding diaryl/α,β-unsaturated/α-hetero) is 1. The van der Waals surface area contributed by atoms with Crippen molar-refractivity contribution >= 4 is 11.7 Å². The molecule has 2 aromatic carbocycles. The van der Waals surface area contributed by atoms with Crippen LogP contribution in [0.1, 0.15) is 68.9 Å². The molecule has 1 saturated heterocycles. The van der Waals surface area contributed by atoms with Gasteiger partial charge < -0.3 is 15.1 Å². The Morgan fingerprint density at radius 2 is 1.27 bits per heavy atom. The molecule has 1 aliphatic rings. The third-order valence-electron chi connectivity index (χ3n) is 6.89. The average molecular weight is 452 g/mol. The van der Waals surface area contributed by atoms with Crippen LogP contribution < -0.4 is 0 Å². The molecule has 3 rings (SSSR count). The number of rotatable bonds is 12. The van der Waals surface area contributed by atoms with Gasteiger partial charge in [-0.05, 0) is 42.7 Å². The zero-order valence-corrected chi connectivity index (χ0v) is 19.5. The van der Waals surface area contributed by atoms with E-state index < -0.39 is 5.60 Å². The van der Waals surface area contributed by atoms with Gasteiger partial charge in [-0.1, -0.05) is 79.9 Å². The maximum Gasteiger partial charge on any atom is 0.222 e. The van der Waals surface area contributed by atoms with Gasteiger partial charge >= 0.3 is 0 Å². The molecule has 1 amide bonds. The Bertz CT molecular complexity index is 820. The quantitative estimate of drug-likeness (QED) is 0.467. The van der Waals surface area contributed by atoms with Crippen molar-refractivity contribution in [3.63, 3.8) is 0 Å². The minimum Gasteiger partial charge on any atom is -0.389 e. The molecule has 178 valence electrons. The molecule has 1 aliphatic heterocycles. The molecule has 1 heterocycles. The minimum absolute atomic E-state index is 0.0491. The van der Waals surface area contributed by atoms with E-state index in [1.807, 2.05) is 65.6 Å². The number of aliphatic hydroxyl groups is 2. The standard InChI is InChI=1S/C28H37NO4/c30-22-26(31)16-10-2-1-3-11-17-27(32)29-20-18-25(19-21-29)28(33,23-12-6-4-7-13-23)24-14-8-5-9-15-24/h4-9,12-15,25,30,33H,1-3,10-11,16-22H2. The van der Waals surface area contributed by atoms with Gasteiger partial charge in [0.05, 0.1) is 0 Å². The molecular formula is C28H37NO4. The SMILES string of the molecule is O=C(CO)CCCCCCCC(=O)N1CCC(C(O)(c2ccccc2)c2ccccc2)CC1. The number of benzene rings is 2. The summed E-state index contributed by atoms with van der Waals surface area (Å²) in [6, 6.07) is 19.7. The van der Waals surface area contributed by atoms with Gasteiger partial charge in [0.15, 0.2) is 5.78 Å². The molecule has 0 unspecified atom stereocenters. The predicted octanol–water partition coefficient (Wildman–Crippen LogP) is 4.45. The highest BCUT2D eigenvalue weighted by atomic mass is 16.3. The number of likely N-dealkylation sites (tertiary alicyclic amines) is 1. The second-order valence-corrected chi connectivity index (χ2v) is 9.12. The Morgan fingerprint density at radius 1 is 0.788 bits per heavy atom. The maximum absolute atomic E-state index is 12.7. The molecule has 0 aromatic heterocycles. The van der Waals surface area contributed by atoms with E-state index in [-0.39, 0.29) is 24.2 Å². The predicted molar refractivity (Wildman–Crippen MR) is 130 cm³/mol. The summed E-state index contributed by atoms with van der Waals surface area (Å²) in [6.45, 7) is 0.989. The molecule has 0 saturated carbocycles. The fourth-order valence-electron chi connectivity index (χ4n) is 4.94. The first-order valence-electron chi connectivity index (χ1n) is 12.3. The van der Waals surface area contributed by atoms with Crippen LogP contribution in [0.5, 0.6) is 0 Å². The summed E-state index contributed by atoms with van der Waals surface area (Å²) in [4.78, 5) is 25.7. The first kappa shape index (κ1) is 25.1. The first-order valence-corrected chi connectivity index (χ1v) is 12.3. The number of nitrogens with zero attached hydrogens (tertiary/aromatic N) is 1. The van der Waals surface area contributed by atoms with E-state index >= 15 is 0 Å². The van der Waals surface area contributed by atoms with Crippen LogP contribution in [0.2, 0.25) is 0 Å². The summed E-state index contributed by atoms with van der Waals surface area (Å²) in [7, 11) is 0. The number of ketones is 1. The molecule has 5 heteroatoms. The van der Waals surface area contributed by atoms with Gasteiger partial charge in [0, 0.05) is 25.9 Å². The summed E-state index contributed by atoms with van der Waals surface area (Å²) in [5, 5.41) is 20.7. The second kappa shape index (κ2) is 12.7. The van der Waals surface area contributed by atoms with E-state index in [0.29, 0.717) is 25.9 Å². The van der Waals surface area contributed by atoms with E-state index in [1.165, 1.54) is 0 Å². The molecule has 0 spiro atoms. The van der Waals surface area contributed by atoms with Gasteiger partial charge in [-0.15, -0.1) is 0 Å². The van der Waals surface area contributed by atoms with Crippen LogP contribution in [0.15, 0.2) is 60.7 Å². The molecule has 2 aromatic rings. The summed E-state index contributed by atoms with van der Waals surface area (Å²) in [6.07, 6.45) is 7.17. The Kier molecular flexibility index (Phi) is 9.64. The highest BCUT2D eigenvalue weighted by Gasteiger charge is 2.41. The number of unbranched alkanes of at least 4 members (excludes halogenated alkanes) is 4. The van der Waals surface area contributed by atoms with E-state index in [0.717, 1.165) is 56.1 Å². The molecule has 5 nitrogen and oxygen atoms in total. The largest absolute Gasteiger partial charge is 0.389 e. The highest BCUT2D eigenvalue weighted by molar-refractivity contribution is 5.79. The van der Waals surface area contributed by atoms with E-state index in [4.69, 9.17) is 5.11 Å². The molecule has 2 N–H and O–H groups in total. The number of hydrogen-bond donors (Lipinski definition) is 2. The van der Waals surface area contributed by atoms with Gasteiger partial charge in [0.1, 0.15) is 12.2 Å². The lowest BCUT2D eigenvalue weighted by Gasteiger charge is -2.42. The van der Waals surface area contributed by atoms with Crippen molar-refractivity contribution in [3.05, 3.63) is 71.8 Å². The van der Waals surface area contributed by atoms with Crippen molar-refractivity contribution < 1.29 is 19.8 Å². The van der Waals surface area contributed by atoms with Crippen molar-refractivity contribution in [2.75, 3.05) is 19.7 Å². The number of amides is 1. The fraction of sp³-hybridized carbons (Fsp3) is 0.500. The van der Waals surface area contributed by atoms with Gasteiger partial charge in [0.25, 0.3) is 0 Å². The highest BCUT2D eigenvalue weighted by Crippen LogP contribution is 2.41. The smallest absolute Gasteiger partial charge is 0.222 e. The first-order chi connectivity index (χ1) is 16.1. The number of hydrogen-bond acceptors (Lipinski definition) is 4. The van der Waals surface area contributed by atoms with Crippen molar-refractivity contribution in [3.8, 4) is 0 Å². The molecule has 0 bridgehead atoms. The minimum atomic E-state index is -1.06. The van der Waals surface area contributed by atoms with Crippen LogP contribution in [0.3, 0.4) is 0 Å². The molecular weight excluding hydrogens is 414 g/mol. The number of aliphatic hydroxyl groups excluding tert-OH is 1. The van der Waals surface area contributed by atoms with Crippen molar-refractivity contribution in [1.29, 1.82) is 0 Å². The molecule has 0 aliphatic carbocycles. The Labute approximate surface area is 197 Å². The zero-order chi connectivity index (χ0) is 23.5. The van der Waals surface area contributed by atoms with Crippen LogP contribution >= 0.6 is 0 Å². The van der Waals surface area contributed by atoms with E-state index in [9.17, 15) is 14.7 Å². The third-order valence-corrected chi connectivity index (χ3v) is 6.89. The van der Waals surface area contributed by atoms with Crippen molar-refractivity contribution in [2.24, 2.45) is 5.92 Å². The maximum atomic E-state index is 12.7. The monoisotopic (exact) mass is 451 g/mol. The van der Waals surface area contributed by atoms with Gasteiger partial charge in [-0.2, -0.15) is 0 Å². The van der Waals surface area contributed by atoms with Crippen LogP contribution in [0.25, 0.3) is 0 Å². The fourth-order valence-corrected chi connectivity index (χ4v) is 4.94. The van der Waals surface area contributed by atoms with Crippen LogP contribution in [-0.4, -0.2) is 46.5 Å². The lowest BCUT2D eigenvalue weighted by atomic mass is 9.72. The Hall–Kier alpha value is -2.50. The van der Waals surface area contributed by atoms with Gasteiger partial charge in [0.2, 0.25) is 5.91 Å². The Balaban J connectivity index is 1.49. The van der Waals surface area contributed by atoms with Gasteiger partial charge in [-0.25, -0.2) is 0 Å². The van der Waals surface area contributed by atoms with Crippen LogP contribution in [-0.2, 0) is 15.2 Å². The summed E-state index contributed by atoms with van der Waals surface area (Å²) in [5.41, 5.74) is 0.748. The van der Waals surface area contributed by atoms with Crippen molar-refractivity contribution in [1.82, 2.24) is 4.90 Å². The molecule has 1 fully saturated rings. The normalized spacial score (nSPS) is 14.9. The topological polar surface area (TPSA) is 77.8 Å². The third kappa shape index (κ3) is 6.75. The average Bonchev–Trinajstić information content (AvgIpc) is 2.88. The summed E-state index contributed by atoms with van der Waals surface area (Å²) in [5.74, 6) is 0.153. The van der Waals surface area contributed by atoms with Crippen LogP contribution in [0.4, 0.5) is 0 Å². The van der Waals surface area contributed by atoms with E-state index in [1.54, 1.807) is 0 Å². The number of carbonyl (C=O) groups is 2. The van der Waals surface area contributed by atoms with E-state index in [2.05, 4.69) is 0 Å². The van der Waals surface area contributed by atoms with Crippen LogP contribution in [0, 0.1) is 5.92 Å². The van der Waals surface area contributed by atoms with Gasteiger partial charge in [-0.3, -0.25) is 9.59 Å². The molecule has 0 radical (unpaired) electrons. The second-order valence-electron chi connectivity index (χ2n) is 9.12. The number of carbonyl (C=O) groups excluding carboxylic acids is 2. The lowest BCUT2D eigenvalue weighted by molar-refractivity contribution is -0.134. The lowest BCUT2D eigenvalue weighted by Crippen LogP contribution is -2.46. The summed E-state index contributed by atoms with van der Waals surface area (Å²) < 4.78 is 0. The zero-order valence-electron chi connectivity index (χ0n) is 19.5. The number of piperidine rings is 1. The summed E-state index contributed by atoms with van der Waals surface area (Å²) >= 11 is 0.